The SMILES string of the molecule is O=[N+]([O-])c1cccc(C(O)C(F)(F)C(F)(F)F)c1. The average molecular weight is 271 g/mol. The molecule has 0 fully saturated rings. The summed E-state index contributed by atoms with van der Waals surface area (Å²) in [7, 11) is 0. The molecule has 0 aliphatic carbocycles. The number of nitro benzene ring substituents is 1. The molecule has 1 aromatic rings. The van der Waals surface area contributed by atoms with E-state index in [0.29, 0.717) is 6.07 Å². The number of aliphatic hydroxyl groups is 1. The van der Waals surface area contributed by atoms with Gasteiger partial charge in [-0.15, -0.1) is 0 Å². The molecule has 0 aliphatic rings. The summed E-state index contributed by atoms with van der Waals surface area (Å²) in [5.74, 6) is -5.39. The van der Waals surface area contributed by atoms with Crippen molar-refractivity contribution in [2.45, 2.75) is 18.2 Å². The Bertz CT molecular complexity index is 460. The van der Waals surface area contributed by atoms with Gasteiger partial charge in [-0.25, -0.2) is 0 Å². The molecule has 1 atom stereocenters. The predicted octanol–water partition coefficient (Wildman–Crippen LogP) is 2.83. The van der Waals surface area contributed by atoms with Crippen LogP contribution in [0.3, 0.4) is 0 Å². The summed E-state index contributed by atoms with van der Waals surface area (Å²) in [6.07, 6.45) is -9.14. The van der Waals surface area contributed by atoms with Crippen LogP contribution in [-0.4, -0.2) is 22.1 Å². The molecule has 0 heterocycles. The lowest BCUT2D eigenvalue weighted by Crippen LogP contribution is -2.42. The van der Waals surface area contributed by atoms with Gasteiger partial charge in [-0.05, 0) is 5.56 Å². The Morgan fingerprint density at radius 2 is 1.78 bits per heavy atom. The smallest absolute Gasteiger partial charge is 0.382 e. The molecule has 1 unspecified atom stereocenters. The van der Waals surface area contributed by atoms with E-state index in [1.54, 1.807) is 0 Å². The molecule has 1 aromatic carbocycles. The number of non-ortho nitro benzene ring substituents is 1. The molecule has 100 valence electrons. The summed E-state index contributed by atoms with van der Waals surface area (Å²) < 4.78 is 61.5. The number of aliphatic hydroxyl groups excluding tert-OH is 1. The van der Waals surface area contributed by atoms with Crippen molar-refractivity contribution in [1.29, 1.82) is 0 Å². The number of nitro groups is 1. The molecule has 0 bridgehead atoms. The average Bonchev–Trinajstić information content (AvgIpc) is 2.26. The van der Waals surface area contributed by atoms with Crippen LogP contribution in [0, 0.1) is 10.1 Å². The van der Waals surface area contributed by atoms with Gasteiger partial charge in [0.15, 0.2) is 6.10 Å². The van der Waals surface area contributed by atoms with E-state index in [0.717, 1.165) is 18.2 Å². The number of benzene rings is 1. The highest BCUT2D eigenvalue weighted by Crippen LogP contribution is 2.44. The number of hydrogen-bond acceptors (Lipinski definition) is 3. The van der Waals surface area contributed by atoms with Gasteiger partial charge in [0.1, 0.15) is 0 Å². The van der Waals surface area contributed by atoms with Gasteiger partial charge in [0, 0.05) is 12.1 Å². The first kappa shape index (κ1) is 14.3. The van der Waals surface area contributed by atoms with Crippen molar-refractivity contribution in [3.8, 4) is 0 Å². The summed E-state index contributed by atoms with van der Waals surface area (Å²) in [4.78, 5) is 9.37. The second-order valence-corrected chi connectivity index (χ2v) is 3.38. The molecular formula is C9H6F5NO3. The minimum absolute atomic E-state index is 0.463. The highest BCUT2D eigenvalue weighted by Gasteiger charge is 2.62. The molecular weight excluding hydrogens is 265 g/mol. The van der Waals surface area contributed by atoms with Crippen molar-refractivity contribution in [3.63, 3.8) is 0 Å². The summed E-state index contributed by atoms with van der Waals surface area (Å²) in [6, 6.07) is 3.02. The maximum atomic E-state index is 12.8. The normalized spacial score (nSPS) is 14.3. The molecule has 4 nitrogen and oxygen atoms in total. The van der Waals surface area contributed by atoms with Gasteiger partial charge in [0.2, 0.25) is 0 Å². The quantitative estimate of drug-likeness (QED) is 0.522. The van der Waals surface area contributed by atoms with E-state index in [4.69, 9.17) is 5.11 Å². The zero-order valence-electron chi connectivity index (χ0n) is 8.49. The van der Waals surface area contributed by atoms with Gasteiger partial charge in [0.05, 0.1) is 4.92 Å². The highest BCUT2D eigenvalue weighted by molar-refractivity contribution is 5.36. The van der Waals surface area contributed by atoms with Crippen LogP contribution >= 0.6 is 0 Å². The predicted molar refractivity (Wildman–Crippen MR) is 49.1 cm³/mol. The van der Waals surface area contributed by atoms with Crippen molar-refractivity contribution >= 4 is 5.69 Å². The van der Waals surface area contributed by atoms with Crippen LogP contribution in [0.2, 0.25) is 0 Å². The van der Waals surface area contributed by atoms with Gasteiger partial charge in [0.25, 0.3) is 5.69 Å². The monoisotopic (exact) mass is 271 g/mol. The number of hydrogen-bond donors (Lipinski definition) is 1. The fourth-order valence-electron chi connectivity index (χ4n) is 1.17. The first-order valence-electron chi connectivity index (χ1n) is 4.44. The second kappa shape index (κ2) is 4.48. The van der Waals surface area contributed by atoms with Crippen molar-refractivity contribution in [2.75, 3.05) is 0 Å². The van der Waals surface area contributed by atoms with Gasteiger partial charge >= 0.3 is 12.1 Å². The Balaban J connectivity index is 3.15. The number of alkyl halides is 5. The maximum absolute atomic E-state index is 12.8. The molecule has 9 heteroatoms. The lowest BCUT2D eigenvalue weighted by Gasteiger charge is -2.24. The van der Waals surface area contributed by atoms with E-state index < -0.39 is 34.4 Å². The minimum Gasteiger partial charge on any atom is -0.382 e. The van der Waals surface area contributed by atoms with E-state index in [9.17, 15) is 32.1 Å². The van der Waals surface area contributed by atoms with E-state index in [1.807, 2.05) is 0 Å². The topological polar surface area (TPSA) is 63.4 Å². The van der Waals surface area contributed by atoms with Crippen LogP contribution in [-0.2, 0) is 0 Å². The largest absolute Gasteiger partial charge is 0.456 e. The molecule has 0 saturated heterocycles. The standard InChI is InChI=1S/C9H6F5NO3/c10-8(11,9(12,13)14)7(16)5-2-1-3-6(4-5)15(17)18/h1-4,7,16H. The van der Waals surface area contributed by atoms with Gasteiger partial charge in [-0.1, -0.05) is 12.1 Å². The zero-order chi connectivity index (χ0) is 14.1. The Morgan fingerprint density at radius 3 is 2.22 bits per heavy atom. The van der Waals surface area contributed by atoms with E-state index in [2.05, 4.69) is 0 Å². The molecule has 0 aromatic heterocycles. The third kappa shape index (κ3) is 2.55. The summed E-state index contributed by atoms with van der Waals surface area (Å²) in [5, 5.41) is 19.3. The van der Waals surface area contributed by atoms with Crippen molar-refractivity contribution in [3.05, 3.63) is 39.9 Å². The lowest BCUT2D eigenvalue weighted by atomic mass is 10.0. The Morgan fingerprint density at radius 1 is 1.22 bits per heavy atom. The van der Waals surface area contributed by atoms with Gasteiger partial charge in [-0.2, -0.15) is 22.0 Å². The van der Waals surface area contributed by atoms with Crippen LogP contribution in [0.5, 0.6) is 0 Å². The first-order chi connectivity index (χ1) is 8.07. The van der Waals surface area contributed by atoms with E-state index in [1.165, 1.54) is 0 Å². The van der Waals surface area contributed by atoms with Crippen LogP contribution in [0.1, 0.15) is 11.7 Å². The van der Waals surface area contributed by atoms with Gasteiger partial charge in [-0.3, -0.25) is 10.1 Å². The maximum Gasteiger partial charge on any atom is 0.456 e. The van der Waals surface area contributed by atoms with Crippen LogP contribution in [0.4, 0.5) is 27.6 Å². The number of halogens is 5. The Kier molecular flexibility index (Phi) is 3.56. The van der Waals surface area contributed by atoms with E-state index >= 15 is 0 Å². The second-order valence-electron chi connectivity index (χ2n) is 3.38. The number of rotatable bonds is 3. The van der Waals surface area contributed by atoms with Crippen LogP contribution in [0.25, 0.3) is 0 Å². The van der Waals surface area contributed by atoms with Crippen molar-refractivity contribution in [1.82, 2.24) is 0 Å². The van der Waals surface area contributed by atoms with Crippen molar-refractivity contribution < 1.29 is 32.0 Å². The zero-order valence-corrected chi connectivity index (χ0v) is 8.49. The molecule has 18 heavy (non-hydrogen) atoms. The van der Waals surface area contributed by atoms with Crippen molar-refractivity contribution in [2.24, 2.45) is 0 Å². The molecule has 0 radical (unpaired) electrons. The van der Waals surface area contributed by atoms with Crippen LogP contribution < -0.4 is 0 Å². The lowest BCUT2D eigenvalue weighted by molar-refractivity contribution is -0.385. The summed E-state index contributed by atoms with van der Waals surface area (Å²) in [6.45, 7) is 0. The Labute approximate surface area is 96.8 Å². The first-order valence-corrected chi connectivity index (χ1v) is 4.44. The third-order valence-electron chi connectivity index (χ3n) is 2.12. The molecule has 1 rings (SSSR count). The molecule has 0 amide bonds. The van der Waals surface area contributed by atoms with E-state index in [-0.39, 0.29) is 0 Å². The fraction of sp³-hybridized carbons (Fsp3) is 0.333. The fourth-order valence-corrected chi connectivity index (χ4v) is 1.17. The number of nitrogens with zero attached hydrogens (tertiary/aromatic N) is 1. The van der Waals surface area contributed by atoms with Gasteiger partial charge < -0.3 is 5.11 Å². The third-order valence-corrected chi connectivity index (χ3v) is 2.12. The Hall–Kier alpha value is -1.77. The minimum atomic E-state index is -5.95. The van der Waals surface area contributed by atoms with Crippen LogP contribution in [0.15, 0.2) is 24.3 Å². The summed E-state index contributed by atoms with van der Waals surface area (Å²) >= 11 is 0. The molecule has 0 aliphatic heterocycles. The highest BCUT2D eigenvalue weighted by atomic mass is 19.4. The molecule has 0 spiro atoms. The molecule has 1 N–H and O–H groups in total. The summed E-state index contributed by atoms with van der Waals surface area (Å²) in [5.41, 5.74) is -1.57. The molecule has 0 saturated carbocycles.